The fourth-order valence-corrected chi connectivity index (χ4v) is 4.19. The number of pyridine rings is 1. The first-order valence-corrected chi connectivity index (χ1v) is 12.3. The lowest BCUT2D eigenvalue weighted by Gasteiger charge is -2.38. The second kappa shape index (κ2) is 12.9. The summed E-state index contributed by atoms with van der Waals surface area (Å²) < 4.78 is 10.8. The van der Waals surface area contributed by atoms with Crippen molar-refractivity contribution in [3.05, 3.63) is 62.4 Å². The largest absolute Gasteiger partial charge is 0.459 e. The summed E-state index contributed by atoms with van der Waals surface area (Å²) in [6.07, 6.45) is 0.313. The monoisotopic (exact) mass is 519 g/mol. The number of nitrogen functional groups attached to an aromatic ring is 1. The van der Waals surface area contributed by atoms with E-state index in [-0.39, 0.29) is 40.6 Å². The summed E-state index contributed by atoms with van der Waals surface area (Å²) in [5.74, 6) is -0.803. The third kappa shape index (κ3) is 7.54. The first-order chi connectivity index (χ1) is 17.2. The van der Waals surface area contributed by atoms with Crippen molar-refractivity contribution in [2.24, 2.45) is 0 Å². The van der Waals surface area contributed by atoms with E-state index in [2.05, 4.69) is 20.5 Å². The number of methoxy groups -OCH3 is 1. The van der Waals surface area contributed by atoms with Crippen molar-refractivity contribution in [2.45, 2.75) is 45.1 Å². The molecule has 1 fully saturated rings. The van der Waals surface area contributed by atoms with Crippen LogP contribution in [0.4, 0.5) is 5.82 Å². The van der Waals surface area contributed by atoms with Crippen molar-refractivity contribution in [1.82, 2.24) is 20.5 Å². The highest BCUT2D eigenvalue weighted by Gasteiger charge is 2.31. The number of piperidine rings is 1. The Kier molecular flexibility index (Phi) is 9.89. The number of likely N-dealkylation sites (tertiary alicyclic amines) is 1. The minimum atomic E-state index is -0.586. The number of aromatic nitrogens is 1. The van der Waals surface area contributed by atoms with Crippen molar-refractivity contribution < 1.29 is 19.1 Å². The SMILES string of the molecule is CO[C@H]1CN(CCNCc2ccc(C(=O)OC(C)C)cc2)CC[C@H]1NC(=O)c1cc(Cl)c(N)[nH]c1=O. The number of rotatable bonds is 10. The maximum Gasteiger partial charge on any atom is 0.338 e. The Balaban J connectivity index is 1.43. The average Bonchev–Trinajstić information content (AvgIpc) is 2.84. The summed E-state index contributed by atoms with van der Waals surface area (Å²) in [5.41, 5.74) is 6.52. The van der Waals surface area contributed by atoms with Gasteiger partial charge in [-0.15, -0.1) is 0 Å². The van der Waals surface area contributed by atoms with Gasteiger partial charge in [-0.05, 0) is 44.0 Å². The lowest BCUT2D eigenvalue weighted by Crippen LogP contribution is -2.55. The predicted octanol–water partition coefficient (Wildman–Crippen LogP) is 1.78. The molecule has 0 spiro atoms. The number of hydrogen-bond donors (Lipinski definition) is 4. The maximum atomic E-state index is 12.7. The van der Waals surface area contributed by atoms with Gasteiger partial charge in [-0.3, -0.25) is 14.5 Å². The van der Waals surface area contributed by atoms with Gasteiger partial charge < -0.3 is 30.8 Å². The van der Waals surface area contributed by atoms with Crippen molar-refractivity contribution in [1.29, 1.82) is 0 Å². The average molecular weight is 520 g/mol. The van der Waals surface area contributed by atoms with Gasteiger partial charge in [0.2, 0.25) is 0 Å². The predicted molar refractivity (Wildman–Crippen MR) is 138 cm³/mol. The van der Waals surface area contributed by atoms with Crippen LogP contribution in [-0.4, -0.2) is 73.3 Å². The number of ether oxygens (including phenoxy) is 2. The van der Waals surface area contributed by atoms with Gasteiger partial charge in [0.1, 0.15) is 11.4 Å². The number of halogens is 1. The number of benzene rings is 1. The third-order valence-corrected chi connectivity index (χ3v) is 6.31. The molecule has 0 saturated carbocycles. The van der Waals surface area contributed by atoms with Crippen molar-refractivity contribution in [2.75, 3.05) is 39.0 Å². The summed E-state index contributed by atoms with van der Waals surface area (Å²) in [6, 6.07) is 8.42. The molecular weight excluding hydrogens is 486 g/mol. The molecule has 0 unspecified atom stereocenters. The quantitative estimate of drug-likeness (QED) is 0.275. The minimum Gasteiger partial charge on any atom is -0.459 e. The van der Waals surface area contributed by atoms with Gasteiger partial charge in [0.25, 0.3) is 11.5 Å². The highest BCUT2D eigenvalue weighted by atomic mass is 35.5. The molecule has 1 saturated heterocycles. The normalized spacial score (nSPS) is 18.2. The van der Waals surface area contributed by atoms with E-state index >= 15 is 0 Å². The molecule has 2 heterocycles. The molecule has 5 N–H and O–H groups in total. The Morgan fingerprint density at radius 2 is 2.00 bits per heavy atom. The van der Waals surface area contributed by atoms with Crippen molar-refractivity contribution in [3.63, 3.8) is 0 Å². The van der Waals surface area contributed by atoms with E-state index in [9.17, 15) is 14.4 Å². The van der Waals surface area contributed by atoms with E-state index in [1.165, 1.54) is 6.07 Å². The van der Waals surface area contributed by atoms with Gasteiger partial charge in [0, 0.05) is 39.8 Å². The molecule has 11 heteroatoms. The van der Waals surface area contributed by atoms with Crippen LogP contribution in [0, 0.1) is 0 Å². The van der Waals surface area contributed by atoms with E-state index < -0.39 is 11.5 Å². The van der Waals surface area contributed by atoms with Crippen LogP contribution in [0.3, 0.4) is 0 Å². The van der Waals surface area contributed by atoms with Crippen LogP contribution in [0.5, 0.6) is 0 Å². The number of nitrogens with two attached hydrogens (primary N) is 1. The molecule has 196 valence electrons. The number of nitrogens with zero attached hydrogens (tertiary/aromatic N) is 1. The fourth-order valence-electron chi connectivity index (χ4n) is 4.03. The second-order valence-electron chi connectivity index (χ2n) is 9.04. The molecule has 1 aromatic heterocycles. The minimum absolute atomic E-state index is 0.0262. The Morgan fingerprint density at radius 1 is 1.28 bits per heavy atom. The second-order valence-corrected chi connectivity index (χ2v) is 9.45. The number of esters is 1. The number of anilines is 1. The summed E-state index contributed by atoms with van der Waals surface area (Å²) in [5, 5.41) is 6.43. The first kappa shape index (κ1) is 27.7. The molecule has 2 aromatic rings. The number of hydrogen-bond acceptors (Lipinski definition) is 8. The molecule has 1 aliphatic heterocycles. The zero-order valence-electron chi connectivity index (χ0n) is 20.8. The molecule has 3 rings (SSSR count). The van der Waals surface area contributed by atoms with Crippen LogP contribution in [0.15, 0.2) is 35.1 Å². The van der Waals surface area contributed by atoms with E-state index in [0.717, 1.165) is 25.2 Å². The molecule has 0 radical (unpaired) electrons. The topological polar surface area (TPSA) is 139 Å². The van der Waals surface area contributed by atoms with Crippen LogP contribution in [0.25, 0.3) is 0 Å². The molecule has 1 aromatic carbocycles. The standard InChI is InChI=1S/C25H34ClN5O5/c1-15(2)36-25(34)17-6-4-16(5-7-17)13-28-9-11-31-10-8-20(21(14-31)35-3)29-23(32)18-12-19(26)22(27)30-24(18)33/h4-7,12,15,20-21,28H,8-11,13-14H2,1-3H3,(H,29,32)(H3,27,30,33)/t20-,21+/m1/s1. The van der Waals surface area contributed by atoms with Crippen LogP contribution < -0.4 is 21.9 Å². The molecular formula is C25H34ClN5O5. The zero-order valence-corrected chi connectivity index (χ0v) is 21.6. The Morgan fingerprint density at radius 3 is 2.67 bits per heavy atom. The van der Waals surface area contributed by atoms with Gasteiger partial charge in [-0.1, -0.05) is 23.7 Å². The fraction of sp³-hybridized carbons (Fsp3) is 0.480. The molecule has 1 aliphatic rings. The number of nitrogens with one attached hydrogen (secondary N) is 3. The van der Waals surface area contributed by atoms with Gasteiger partial charge in [-0.25, -0.2) is 4.79 Å². The number of carbonyl (C=O) groups excluding carboxylic acids is 2. The highest BCUT2D eigenvalue weighted by Crippen LogP contribution is 2.17. The molecule has 2 atom stereocenters. The molecule has 36 heavy (non-hydrogen) atoms. The van der Waals surface area contributed by atoms with E-state index in [4.69, 9.17) is 26.8 Å². The molecule has 0 bridgehead atoms. The lowest BCUT2D eigenvalue weighted by molar-refractivity contribution is 0.00678. The smallest absolute Gasteiger partial charge is 0.338 e. The highest BCUT2D eigenvalue weighted by molar-refractivity contribution is 6.33. The van der Waals surface area contributed by atoms with Crippen LogP contribution in [0.1, 0.15) is 46.5 Å². The van der Waals surface area contributed by atoms with Crippen LogP contribution in [-0.2, 0) is 16.0 Å². The van der Waals surface area contributed by atoms with Gasteiger partial charge in [0.05, 0.1) is 28.8 Å². The summed E-state index contributed by atoms with van der Waals surface area (Å²) in [4.78, 5) is 41.3. The number of amides is 1. The molecule has 0 aliphatic carbocycles. The van der Waals surface area contributed by atoms with Gasteiger partial charge >= 0.3 is 5.97 Å². The van der Waals surface area contributed by atoms with Gasteiger partial charge in [-0.2, -0.15) is 0 Å². The van der Waals surface area contributed by atoms with Crippen molar-refractivity contribution in [3.8, 4) is 0 Å². The van der Waals surface area contributed by atoms with E-state index in [1.54, 1.807) is 19.2 Å². The summed E-state index contributed by atoms with van der Waals surface area (Å²) in [6.45, 7) is 7.33. The van der Waals surface area contributed by atoms with E-state index in [1.807, 2.05) is 26.0 Å². The zero-order chi connectivity index (χ0) is 26.2. The van der Waals surface area contributed by atoms with Crippen LogP contribution in [0.2, 0.25) is 5.02 Å². The van der Waals surface area contributed by atoms with Crippen molar-refractivity contribution >= 4 is 29.3 Å². The number of H-pyrrole nitrogens is 1. The van der Waals surface area contributed by atoms with Gasteiger partial charge in [0.15, 0.2) is 0 Å². The van der Waals surface area contributed by atoms with Crippen LogP contribution >= 0.6 is 11.6 Å². The Bertz CT molecular complexity index is 1110. The third-order valence-electron chi connectivity index (χ3n) is 5.99. The summed E-state index contributed by atoms with van der Waals surface area (Å²) >= 11 is 5.95. The Labute approximate surface area is 215 Å². The molecule has 10 nitrogen and oxygen atoms in total. The maximum absolute atomic E-state index is 12.7. The first-order valence-electron chi connectivity index (χ1n) is 11.9. The molecule has 1 amide bonds. The number of aromatic amines is 1. The Hall–Kier alpha value is -2.92. The summed E-state index contributed by atoms with van der Waals surface area (Å²) in [7, 11) is 1.61. The lowest BCUT2D eigenvalue weighted by atomic mass is 10.0. The number of carbonyl (C=O) groups is 2. The van der Waals surface area contributed by atoms with E-state index in [0.29, 0.717) is 25.1 Å².